The number of hydrogen-bond acceptors (Lipinski definition) is 3. The molecule has 2 nitrogen and oxygen atoms in total. The quantitative estimate of drug-likeness (QED) is 0.901. The zero-order valence-corrected chi connectivity index (χ0v) is 10.2. The van der Waals surface area contributed by atoms with Crippen molar-refractivity contribution in [2.75, 3.05) is 17.3 Å². The Morgan fingerprint density at radius 2 is 2.38 bits per heavy atom. The fourth-order valence-electron chi connectivity index (χ4n) is 1.01. The molecule has 0 aliphatic heterocycles. The first kappa shape index (κ1) is 10.9. The first-order valence-electron chi connectivity index (χ1n) is 4.09. The lowest BCUT2D eigenvalue weighted by Gasteiger charge is -2.12. The van der Waals surface area contributed by atoms with Crippen LogP contribution in [0.2, 0.25) is 0 Å². The van der Waals surface area contributed by atoms with Crippen LogP contribution in [0.4, 0.5) is 5.82 Å². The van der Waals surface area contributed by atoms with E-state index >= 15 is 0 Å². The molecule has 4 heteroatoms. The molecule has 13 heavy (non-hydrogen) atoms. The largest absolute Gasteiger partial charge is 0.367 e. The summed E-state index contributed by atoms with van der Waals surface area (Å²) in [6, 6.07) is 4.42. The maximum absolute atomic E-state index is 4.23. The summed E-state index contributed by atoms with van der Waals surface area (Å²) in [5.74, 6) is 2.03. The molecule has 1 rings (SSSR count). The van der Waals surface area contributed by atoms with Gasteiger partial charge in [-0.2, -0.15) is 11.8 Å². The van der Waals surface area contributed by atoms with Gasteiger partial charge in [0.1, 0.15) is 5.82 Å². The second-order valence-corrected chi connectivity index (χ2v) is 4.69. The topological polar surface area (TPSA) is 24.9 Å². The van der Waals surface area contributed by atoms with Gasteiger partial charge < -0.3 is 5.32 Å². The molecule has 0 bridgehead atoms. The lowest BCUT2D eigenvalue weighted by molar-refractivity contribution is 0.903. The molecule has 0 fully saturated rings. The van der Waals surface area contributed by atoms with Gasteiger partial charge in [-0.15, -0.1) is 0 Å². The molecule has 0 saturated carbocycles. The van der Waals surface area contributed by atoms with Gasteiger partial charge in [0.25, 0.3) is 0 Å². The third kappa shape index (κ3) is 4.00. The molecule has 0 aromatic carbocycles. The maximum Gasteiger partial charge on any atom is 0.126 e. The predicted octanol–water partition coefficient (Wildman–Crippen LogP) is 3.01. The fraction of sp³-hybridized carbons (Fsp3) is 0.444. The summed E-state index contributed by atoms with van der Waals surface area (Å²) >= 11 is 5.18. The Hall–Kier alpha value is -0.220. The summed E-state index contributed by atoms with van der Waals surface area (Å²) in [4.78, 5) is 4.23. The van der Waals surface area contributed by atoms with Gasteiger partial charge in [-0.05, 0) is 41.2 Å². The number of nitrogens with zero attached hydrogens (tertiary/aromatic N) is 1. The lowest BCUT2D eigenvalue weighted by Crippen LogP contribution is -2.18. The van der Waals surface area contributed by atoms with E-state index in [1.165, 1.54) is 0 Å². The molecular weight excluding hydrogens is 248 g/mol. The average molecular weight is 261 g/mol. The van der Waals surface area contributed by atoms with Gasteiger partial charge in [0.2, 0.25) is 0 Å². The highest BCUT2D eigenvalue weighted by atomic mass is 79.9. The van der Waals surface area contributed by atoms with E-state index in [0.29, 0.717) is 6.04 Å². The molecule has 1 aromatic heterocycles. The van der Waals surface area contributed by atoms with Crippen LogP contribution in [-0.4, -0.2) is 23.0 Å². The summed E-state index contributed by atoms with van der Waals surface area (Å²) in [6.45, 7) is 2.15. The highest BCUT2D eigenvalue weighted by Gasteiger charge is 2.00. The Morgan fingerprint density at radius 1 is 1.62 bits per heavy atom. The fourth-order valence-corrected chi connectivity index (χ4v) is 1.82. The van der Waals surface area contributed by atoms with Crippen LogP contribution in [0.3, 0.4) is 0 Å². The number of anilines is 1. The molecule has 1 aromatic rings. The highest BCUT2D eigenvalue weighted by molar-refractivity contribution is 9.10. The first-order valence-corrected chi connectivity index (χ1v) is 6.28. The van der Waals surface area contributed by atoms with Crippen molar-refractivity contribution in [1.29, 1.82) is 0 Å². The Labute approximate surface area is 91.7 Å². The Bertz CT molecular complexity index is 250. The number of nitrogens with one attached hydrogen (secondary N) is 1. The van der Waals surface area contributed by atoms with Crippen molar-refractivity contribution in [1.82, 2.24) is 4.98 Å². The van der Waals surface area contributed by atoms with Crippen molar-refractivity contribution >= 4 is 33.5 Å². The number of pyridine rings is 1. The van der Waals surface area contributed by atoms with Crippen LogP contribution in [0.25, 0.3) is 0 Å². The van der Waals surface area contributed by atoms with E-state index in [1.807, 2.05) is 23.9 Å². The van der Waals surface area contributed by atoms with Crippen LogP contribution in [-0.2, 0) is 0 Å². The molecule has 0 saturated heterocycles. The van der Waals surface area contributed by atoms with E-state index < -0.39 is 0 Å². The minimum Gasteiger partial charge on any atom is -0.367 e. The van der Waals surface area contributed by atoms with Crippen LogP contribution >= 0.6 is 27.7 Å². The highest BCUT2D eigenvalue weighted by Crippen LogP contribution is 2.11. The molecule has 0 aliphatic carbocycles. The first-order chi connectivity index (χ1) is 6.22. The van der Waals surface area contributed by atoms with Crippen molar-refractivity contribution < 1.29 is 0 Å². The summed E-state index contributed by atoms with van der Waals surface area (Å²) in [5, 5.41) is 3.32. The van der Waals surface area contributed by atoms with E-state index in [9.17, 15) is 0 Å². The lowest BCUT2D eigenvalue weighted by atomic mass is 10.4. The maximum atomic E-state index is 4.23. The van der Waals surface area contributed by atoms with Gasteiger partial charge in [0, 0.05) is 22.5 Å². The van der Waals surface area contributed by atoms with Gasteiger partial charge in [0.05, 0.1) is 0 Å². The van der Waals surface area contributed by atoms with Gasteiger partial charge in [-0.1, -0.05) is 0 Å². The van der Waals surface area contributed by atoms with Crippen molar-refractivity contribution in [2.24, 2.45) is 0 Å². The number of thioether (sulfide) groups is 1. The molecule has 0 amide bonds. The summed E-state index contributed by atoms with van der Waals surface area (Å²) in [5.41, 5.74) is 0. The van der Waals surface area contributed by atoms with Crippen LogP contribution in [0.1, 0.15) is 6.92 Å². The van der Waals surface area contributed by atoms with E-state index in [2.05, 4.69) is 39.4 Å². The molecule has 0 spiro atoms. The van der Waals surface area contributed by atoms with Gasteiger partial charge in [-0.25, -0.2) is 4.98 Å². The van der Waals surface area contributed by atoms with Crippen LogP contribution < -0.4 is 5.32 Å². The summed E-state index contributed by atoms with van der Waals surface area (Å²) in [7, 11) is 0. The smallest absolute Gasteiger partial charge is 0.126 e. The number of hydrogen-bond donors (Lipinski definition) is 1. The SMILES string of the molecule is CSCC(C)Nc1ccc(Br)cn1. The Kier molecular flexibility index (Phi) is 4.59. The monoisotopic (exact) mass is 260 g/mol. The van der Waals surface area contributed by atoms with Gasteiger partial charge in [0.15, 0.2) is 0 Å². The van der Waals surface area contributed by atoms with Crippen LogP contribution in [0.5, 0.6) is 0 Å². The molecule has 72 valence electrons. The molecule has 0 aliphatic rings. The standard InChI is InChI=1S/C9H13BrN2S/c1-7(6-13-2)12-9-4-3-8(10)5-11-9/h3-5,7H,6H2,1-2H3,(H,11,12). The van der Waals surface area contributed by atoms with E-state index in [0.717, 1.165) is 16.0 Å². The minimum atomic E-state index is 0.462. The number of rotatable bonds is 4. The second-order valence-electron chi connectivity index (χ2n) is 2.86. The molecular formula is C9H13BrN2S. The molecule has 1 heterocycles. The van der Waals surface area contributed by atoms with Crippen molar-refractivity contribution in [3.8, 4) is 0 Å². The second kappa shape index (κ2) is 5.50. The summed E-state index contributed by atoms with van der Waals surface area (Å²) in [6.07, 6.45) is 3.90. The van der Waals surface area contributed by atoms with Gasteiger partial charge in [-0.3, -0.25) is 0 Å². The minimum absolute atomic E-state index is 0.462. The summed E-state index contributed by atoms with van der Waals surface area (Å²) < 4.78 is 1.01. The third-order valence-corrected chi connectivity index (χ3v) is 2.84. The van der Waals surface area contributed by atoms with E-state index in [1.54, 1.807) is 6.20 Å². The van der Waals surface area contributed by atoms with Gasteiger partial charge >= 0.3 is 0 Å². The zero-order chi connectivity index (χ0) is 9.68. The van der Waals surface area contributed by atoms with Crippen molar-refractivity contribution in [3.05, 3.63) is 22.8 Å². The molecule has 1 atom stereocenters. The third-order valence-electron chi connectivity index (χ3n) is 1.54. The zero-order valence-electron chi connectivity index (χ0n) is 7.75. The number of aromatic nitrogens is 1. The van der Waals surface area contributed by atoms with Crippen molar-refractivity contribution in [2.45, 2.75) is 13.0 Å². The molecule has 1 unspecified atom stereocenters. The molecule has 1 N–H and O–H groups in total. The van der Waals surface area contributed by atoms with E-state index in [-0.39, 0.29) is 0 Å². The predicted molar refractivity (Wildman–Crippen MR) is 63.4 cm³/mol. The Balaban J connectivity index is 2.49. The number of halogens is 1. The van der Waals surface area contributed by atoms with Crippen molar-refractivity contribution in [3.63, 3.8) is 0 Å². The van der Waals surface area contributed by atoms with Crippen LogP contribution in [0, 0.1) is 0 Å². The van der Waals surface area contributed by atoms with Crippen LogP contribution in [0.15, 0.2) is 22.8 Å². The average Bonchev–Trinajstić information content (AvgIpc) is 2.09. The Morgan fingerprint density at radius 3 is 2.92 bits per heavy atom. The van der Waals surface area contributed by atoms with E-state index in [4.69, 9.17) is 0 Å². The normalized spacial score (nSPS) is 12.5. The molecule has 0 radical (unpaired) electrons.